The van der Waals surface area contributed by atoms with Crippen LogP contribution < -0.4 is 22.8 Å². The van der Waals surface area contributed by atoms with E-state index in [1.165, 1.54) is 68.5 Å². The van der Waals surface area contributed by atoms with Crippen molar-refractivity contribution in [2.75, 3.05) is 0 Å². The Kier molecular flexibility index (Phi) is 23.1. The quantitative estimate of drug-likeness (QED) is 0.0963. The lowest BCUT2D eigenvalue weighted by Crippen LogP contribution is -2.30. The molecule has 1 aliphatic rings. The monoisotopic (exact) mass is 1770 g/mol. The van der Waals surface area contributed by atoms with E-state index in [-0.39, 0.29) is 11.8 Å². The molecule has 133 heavy (non-hydrogen) atoms. The number of nitrogens with zero attached hydrogens (tertiary/aromatic N) is 10. The molecule has 0 bridgehead atoms. The van der Waals surface area contributed by atoms with Crippen LogP contribution in [0.5, 0.6) is 0 Å². The number of pyridine rings is 10. The van der Waals surface area contributed by atoms with Crippen LogP contribution in [-0.4, -0.2) is 24.9 Å². The summed E-state index contributed by atoms with van der Waals surface area (Å²) >= 11 is 0. The van der Waals surface area contributed by atoms with Gasteiger partial charge in [-0.05, 0) is 221 Å². The highest BCUT2D eigenvalue weighted by Gasteiger charge is 2.33. The molecule has 676 valence electrons. The zero-order valence-corrected chi connectivity index (χ0v) is 81.3. The van der Waals surface area contributed by atoms with Crippen molar-refractivity contribution in [2.45, 2.75) is 212 Å². The number of hydrogen-bond donors (Lipinski definition) is 0. The van der Waals surface area contributed by atoms with Crippen LogP contribution in [0.1, 0.15) is 210 Å². The summed E-state index contributed by atoms with van der Waals surface area (Å²) in [6.07, 6.45) is 14.1. The number of benzene rings is 5. The van der Waals surface area contributed by atoms with Crippen LogP contribution in [0.2, 0.25) is 0 Å². The third-order valence-corrected chi connectivity index (χ3v) is 26.6. The van der Waals surface area contributed by atoms with Crippen LogP contribution in [0.25, 0.3) is 167 Å². The normalized spacial score (nSPS) is 15.0. The zero-order chi connectivity index (χ0) is 101. The van der Waals surface area contributed by atoms with E-state index >= 15 is 0 Å². The fourth-order valence-corrected chi connectivity index (χ4v) is 18.5. The summed E-state index contributed by atoms with van der Waals surface area (Å²) in [5, 5.41) is 10.3. The second-order valence-corrected chi connectivity index (χ2v) is 37.2. The Bertz CT molecular complexity index is 8260. The number of rotatable bonds is 14. The highest BCUT2D eigenvalue weighted by Crippen LogP contribution is 2.45. The molecule has 0 spiro atoms. The summed E-state index contributed by atoms with van der Waals surface area (Å²) in [6, 6.07) is 63.2. The van der Waals surface area contributed by atoms with Gasteiger partial charge >= 0.3 is 0 Å². The third kappa shape index (κ3) is 18.0. The summed E-state index contributed by atoms with van der Waals surface area (Å²) in [7, 11) is 10.3. The second-order valence-electron chi connectivity index (χ2n) is 37.2. The van der Waals surface area contributed by atoms with Crippen molar-refractivity contribution in [2.24, 2.45) is 41.1 Å². The molecule has 0 amide bonds. The van der Waals surface area contributed by atoms with E-state index in [4.69, 9.17) is 43.0 Å². The summed E-state index contributed by atoms with van der Waals surface area (Å²) in [5.74, 6) is -1.62. The van der Waals surface area contributed by atoms with Crippen molar-refractivity contribution >= 4 is 110 Å². The van der Waals surface area contributed by atoms with Crippen LogP contribution in [0.15, 0.2) is 235 Å². The minimum absolute atomic E-state index is 0.00614. The first-order valence-electron chi connectivity index (χ1n) is 51.1. The van der Waals surface area contributed by atoms with Crippen LogP contribution in [0.4, 0.5) is 0 Å². The van der Waals surface area contributed by atoms with E-state index < -0.39 is 30.9 Å². The predicted molar refractivity (Wildman–Crippen MR) is 543 cm³/mol. The maximum atomic E-state index is 8.68. The fourth-order valence-electron chi connectivity index (χ4n) is 18.5. The molecule has 20 aromatic rings. The molecule has 15 nitrogen and oxygen atoms in total. The van der Waals surface area contributed by atoms with Crippen molar-refractivity contribution in [3.8, 4) is 56.3 Å². The zero-order valence-electron chi connectivity index (χ0n) is 89.3. The predicted octanol–water partition coefficient (Wildman–Crippen LogP) is 27.3. The van der Waals surface area contributed by atoms with E-state index in [1.807, 2.05) is 51.4 Å². The molecule has 0 aliphatic heterocycles. The topological polar surface area (TPSA) is 150 Å². The number of furan rings is 5. The Balaban J connectivity index is 0.000000122. The minimum atomic E-state index is -2.39. The lowest BCUT2D eigenvalue weighted by molar-refractivity contribution is -0.660. The number of fused-ring (bicyclic) bond motifs is 15. The molecule has 15 heterocycles. The van der Waals surface area contributed by atoms with Crippen LogP contribution in [0, 0.1) is 47.4 Å². The molecule has 5 aromatic carbocycles. The van der Waals surface area contributed by atoms with Crippen LogP contribution in [0.3, 0.4) is 0 Å². The Morgan fingerprint density at radius 2 is 0.632 bits per heavy atom. The van der Waals surface area contributed by atoms with Crippen molar-refractivity contribution in [1.82, 2.24) is 24.9 Å². The number of aryl methyl sites for hydroxylation is 17. The van der Waals surface area contributed by atoms with Crippen LogP contribution in [-0.2, 0) is 91.0 Å². The van der Waals surface area contributed by atoms with E-state index in [0.717, 1.165) is 199 Å². The van der Waals surface area contributed by atoms with Gasteiger partial charge in [-0.2, -0.15) is 0 Å². The first-order chi connectivity index (χ1) is 67.0. The Morgan fingerprint density at radius 1 is 0.346 bits per heavy atom. The first-order valence-corrected chi connectivity index (χ1v) is 47.1. The smallest absolute Gasteiger partial charge is 0.227 e. The molecule has 1 unspecified atom stereocenters. The lowest BCUT2D eigenvalue weighted by Gasteiger charge is -2.32. The molecule has 15 heteroatoms. The van der Waals surface area contributed by atoms with Gasteiger partial charge in [-0.1, -0.05) is 163 Å². The van der Waals surface area contributed by atoms with Gasteiger partial charge in [0.2, 0.25) is 57.0 Å². The van der Waals surface area contributed by atoms with Crippen molar-refractivity contribution in [1.29, 1.82) is 0 Å². The van der Waals surface area contributed by atoms with Gasteiger partial charge in [0.05, 0.1) is 33.5 Å². The second kappa shape index (κ2) is 37.7. The van der Waals surface area contributed by atoms with Gasteiger partial charge in [-0.3, -0.25) is 0 Å². The number of hydrogen-bond acceptors (Lipinski definition) is 10. The largest absolute Gasteiger partial charge is 0.437 e. The van der Waals surface area contributed by atoms with Crippen molar-refractivity contribution < 1.29 is 55.9 Å². The summed E-state index contributed by atoms with van der Waals surface area (Å²) in [5.41, 5.74) is 33.5. The molecular formula is C118H129N10O5+5. The van der Waals surface area contributed by atoms with Gasteiger partial charge in [0.1, 0.15) is 35.2 Å². The SMILES string of the molecule is CCc1cc[n+](C)c(-c2c(C)ccc3c2oc2nc(C(C)(C)C)ccc23)c1.CCc1cc[n+](C)c(-c2c(C)ccc3c2oc2nc(C)ccc23)c1.CCc1cc[n+](C)c(-c2c(C)ccc3c2oc2nc(CC)ccc23)c1.[2H]C([2H])([2H])C([2H])(C)Cc1ccc2c(n1)oc1c(-c3cc(CC)cc[n+]3C)c(C)ccc12.[2H]C1([2H])CCCC([2H])([2H])C1(C)c1ccc2c(n1)oc1c(-c3cc(CC)cc[n+]3C)c(C)ccc12. The Hall–Kier alpha value is -13.4. The van der Waals surface area contributed by atoms with Crippen molar-refractivity contribution in [3.05, 3.63) is 297 Å². The molecule has 21 rings (SSSR count). The lowest BCUT2D eigenvalue weighted by atomic mass is 9.73. The van der Waals surface area contributed by atoms with E-state index in [0.29, 0.717) is 47.8 Å². The van der Waals surface area contributed by atoms with Gasteiger partial charge in [-0.25, -0.2) is 47.8 Å². The molecule has 0 saturated heterocycles. The fraction of sp³-hybridized carbons (Fsp3) is 0.322. The summed E-state index contributed by atoms with van der Waals surface area (Å²) in [6.45, 7) is 32.7. The average molecular weight is 1780 g/mol. The van der Waals surface area contributed by atoms with Gasteiger partial charge in [-0.15, -0.1) is 0 Å². The Labute approximate surface area is 793 Å². The summed E-state index contributed by atoms with van der Waals surface area (Å²) in [4.78, 5) is 23.4. The van der Waals surface area contributed by atoms with Gasteiger partial charge in [0.25, 0.3) is 0 Å². The van der Waals surface area contributed by atoms with E-state index in [2.05, 4.69) is 326 Å². The maximum absolute atomic E-state index is 8.68. The average Bonchev–Trinajstić information content (AvgIpc) is 1.69. The molecule has 0 radical (unpaired) electrons. The highest BCUT2D eigenvalue weighted by atomic mass is 16.4. The minimum Gasteiger partial charge on any atom is -0.437 e. The van der Waals surface area contributed by atoms with Crippen LogP contribution >= 0.6 is 0 Å². The molecule has 15 aromatic heterocycles. The molecule has 0 N–H and O–H groups in total. The molecule has 1 atom stereocenters. The third-order valence-electron chi connectivity index (χ3n) is 26.6. The maximum Gasteiger partial charge on any atom is 0.227 e. The standard InChI is InChI=1S/C27H31N2O.2C24H27N2O.C22H23N2O.C21H21N2O/c1-5-19-13-16-29(4)22(17-19)24-18(2)9-10-20-21-11-12-23(28-26(21)30-25(20)24)27(3)14-7-6-8-15-27;1-7-16-12-13-26(6)19(14-16)21-15(2)8-9-17-18-10-11-20(24(3,4)5)25-23(18)27-22(17)21;1-6-17-11-12-26(5)21(14-17)22-16(4)7-9-19-20-10-8-18(13-15(2)3)25-24(20)27-23(19)22;1-5-15-11-12-24(4)19(13-15)20-14(3)7-9-17-18-10-8-16(6-2)23-22(18)25-21(17)20;1-5-15-10-11-23(4)18(12-15)19-13(2)6-8-16-17-9-7-14(3)22-21(17)24-20(16)19/h9-13,16-17H,5-8,14-15H2,1-4H3;8-14H,7H2,1-6H3;7-12,14-15H,6,13H2,1-5H3;7-13H,5-6H2,1-4H3;6-12H,5H2,1-4H3/q5*+1/i14D2,15D2;;2D3,15D;;. The highest BCUT2D eigenvalue weighted by molar-refractivity contribution is 6.13. The van der Waals surface area contributed by atoms with Gasteiger partial charge in [0, 0.05) is 159 Å². The van der Waals surface area contributed by atoms with Crippen molar-refractivity contribution in [3.63, 3.8) is 0 Å². The molecule has 1 saturated carbocycles. The van der Waals surface area contributed by atoms with E-state index in [9.17, 15) is 0 Å². The molecular weight excluding hydrogens is 1640 g/mol. The molecule has 1 fully saturated rings. The Morgan fingerprint density at radius 3 is 0.955 bits per heavy atom. The van der Waals surface area contributed by atoms with E-state index in [1.54, 1.807) is 19.1 Å². The summed E-state index contributed by atoms with van der Waals surface area (Å²) < 4.78 is 108. The van der Waals surface area contributed by atoms with Gasteiger partial charge in [0.15, 0.2) is 58.9 Å². The van der Waals surface area contributed by atoms with Gasteiger partial charge < -0.3 is 22.1 Å². The first kappa shape index (κ1) is 81.6. The number of aromatic nitrogens is 10. The molecule has 1 aliphatic carbocycles.